The van der Waals surface area contributed by atoms with Gasteiger partial charge in [-0.3, -0.25) is 14.2 Å². The third kappa shape index (κ3) is 3.97. The van der Waals surface area contributed by atoms with Crippen molar-refractivity contribution in [1.29, 1.82) is 0 Å². The van der Waals surface area contributed by atoms with Gasteiger partial charge in [0.2, 0.25) is 0 Å². The third-order valence-corrected chi connectivity index (χ3v) is 4.84. The van der Waals surface area contributed by atoms with E-state index >= 15 is 0 Å². The first-order valence-electron chi connectivity index (χ1n) is 8.22. The molecular weight excluding hydrogens is 451 g/mol. The Labute approximate surface area is 163 Å². The highest BCUT2D eigenvalue weighted by Gasteiger charge is 2.32. The number of nitrogens with zero attached hydrogens (tertiary/aromatic N) is 2. The molecule has 0 aliphatic carbocycles. The largest absolute Gasteiger partial charge is 0.348 e. The van der Waals surface area contributed by atoms with Crippen molar-refractivity contribution >= 4 is 28.5 Å². The van der Waals surface area contributed by atoms with E-state index in [2.05, 4.69) is 0 Å². The number of halogens is 1. The molecule has 2 aromatic rings. The smallest absolute Gasteiger partial charge is 0.338 e. The number of carbonyl (C=O) groups is 1. The van der Waals surface area contributed by atoms with Gasteiger partial charge >= 0.3 is 5.69 Å². The first-order valence-corrected chi connectivity index (χ1v) is 9.30. The molecule has 7 nitrogen and oxygen atoms in total. The summed E-state index contributed by atoms with van der Waals surface area (Å²) in [5.74, 6) is -1.26. The van der Waals surface area contributed by atoms with Crippen molar-refractivity contribution in [3.8, 4) is 0 Å². The summed E-state index contributed by atoms with van der Waals surface area (Å²) < 4.78 is 13.6. The highest BCUT2D eigenvalue weighted by atomic mass is 127. The van der Waals surface area contributed by atoms with Crippen LogP contribution in [0, 0.1) is 3.57 Å². The van der Waals surface area contributed by atoms with Crippen molar-refractivity contribution in [1.82, 2.24) is 9.13 Å². The van der Waals surface area contributed by atoms with Gasteiger partial charge in [0.25, 0.3) is 11.5 Å². The molecule has 1 aromatic carbocycles. The maximum absolute atomic E-state index is 12.7. The maximum atomic E-state index is 12.7. The molecule has 8 heteroatoms. The summed E-state index contributed by atoms with van der Waals surface area (Å²) in [6, 6.07) is 8.28. The fourth-order valence-electron chi connectivity index (χ4n) is 2.81. The topological polar surface area (TPSA) is 79.5 Å². The molecule has 0 amide bonds. The van der Waals surface area contributed by atoms with Crippen LogP contribution in [0.1, 0.15) is 30.6 Å². The molecule has 0 radical (unpaired) electrons. The number of aromatic nitrogens is 2. The van der Waals surface area contributed by atoms with Crippen LogP contribution >= 0.6 is 22.6 Å². The zero-order valence-corrected chi connectivity index (χ0v) is 16.6. The van der Waals surface area contributed by atoms with Gasteiger partial charge in [0.15, 0.2) is 5.79 Å². The minimum atomic E-state index is -0.651. The number of hydrogen-bond acceptors (Lipinski definition) is 5. The second-order valence-corrected chi connectivity index (χ2v) is 7.67. The lowest BCUT2D eigenvalue weighted by Crippen LogP contribution is -2.45. The number of ether oxygens (including phenoxy) is 2. The SMILES string of the molecule is CC1(C)OCC(CCn2cc(I)c(=O)n(C(=O)c3ccccc3)c2=O)O1. The first-order chi connectivity index (χ1) is 12.3. The third-order valence-electron chi connectivity index (χ3n) is 4.10. The first kappa shape index (κ1) is 19.0. The monoisotopic (exact) mass is 470 g/mol. The second kappa shape index (κ2) is 7.45. The standard InChI is InChI=1S/C18H19IN2O5/c1-18(2)25-11-13(26-18)8-9-20-10-14(19)16(23)21(17(20)24)15(22)12-6-4-3-5-7-12/h3-7,10,13H,8-9,11H2,1-2H3. The molecule has 0 spiro atoms. The molecule has 1 unspecified atom stereocenters. The van der Waals surface area contributed by atoms with E-state index in [0.29, 0.717) is 27.7 Å². The van der Waals surface area contributed by atoms with Gasteiger partial charge in [-0.05, 0) is 55.0 Å². The van der Waals surface area contributed by atoms with Crippen LogP contribution in [-0.4, -0.2) is 33.5 Å². The summed E-state index contributed by atoms with van der Waals surface area (Å²) in [4.78, 5) is 37.7. The Bertz CT molecular complexity index is 933. The summed E-state index contributed by atoms with van der Waals surface area (Å²) in [6.45, 7) is 4.43. The van der Waals surface area contributed by atoms with E-state index < -0.39 is 22.9 Å². The van der Waals surface area contributed by atoms with Crippen LogP contribution in [0.4, 0.5) is 0 Å². The molecular formula is C18H19IN2O5. The minimum Gasteiger partial charge on any atom is -0.348 e. The van der Waals surface area contributed by atoms with Gasteiger partial charge in [-0.25, -0.2) is 4.79 Å². The average Bonchev–Trinajstić information content (AvgIpc) is 2.96. The Morgan fingerprint density at radius 3 is 2.58 bits per heavy atom. The molecule has 1 aliphatic heterocycles. The van der Waals surface area contributed by atoms with Crippen molar-refractivity contribution in [2.75, 3.05) is 6.61 Å². The van der Waals surface area contributed by atoms with Crippen LogP contribution in [0.3, 0.4) is 0 Å². The van der Waals surface area contributed by atoms with E-state index in [1.54, 1.807) is 30.3 Å². The molecule has 0 N–H and O–H groups in total. The van der Waals surface area contributed by atoms with E-state index in [1.807, 2.05) is 36.4 Å². The Balaban J connectivity index is 1.89. The summed E-state index contributed by atoms with van der Waals surface area (Å²) in [6.07, 6.45) is 1.87. The molecule has 1 atom stereocenters. The Kier molecular flexibility index (Phi) is 5.44. The van der Waals surface area contributed by atoms with E-state index in [4.69, 9.17) is 9.47 Å². The number of hydrogen-bond donors (Lipinski definition) is 0. The lowest BCUT2D eigenvalue weighted by molar-refractivity contribution is -0.139. The van der Waals surface area contributed by atoms with Crippen molar-refractivity contribution in [2.45, 2.75) is 38.7 Å². The van der Waals surface area contributed by atoms with Gasteiger partial charge in [0.05, 0.1) is 16.3 Å². The molecule has 0 saturated carbocycles. The number of rotatable bonds is 4. The predicted molar refractivity (Wildman–Crippen MR) is 103 cm³/mol. The number of benzene rings is 1. The fraction of sp³-hybridized carbons (Fsp3) is 0.389. The van der Waals surface area contributed by atoms with Crippen molar-refractivity contribution in [3.05, 3.63) is 66.5 Å². The van der Waals surface area contributed by atoms with Crippen molar-refractivity contribution in [3.63, 3.8) is 0 Å². The van der Waals surface area contributed by atoms with Gasteiger partial charge in [0, 0.05) is 18.3 Å². The van der Waals surface area contributed by atoms with E-state index in [-0.39, 0.29) is 11.7 Å². The van der Waals surface area contributed by atoms with E-state index in [1.165, 1.54) is 10.8 Å². The highest BCUT2D eigenvalue weighted by Crippen LogP contribution is 2.24. The van der Waals surface area contributed by atoms with E-state index in [9.17, 15) is 14.4 Å². The maximum Gasteiger partial charge on any atom is 0.338 e. The van der Waals surface area contributed by atoms with Crippen molar-refractivity contribution < 1.29 is 14.3 Å². The van der Waals surface area contributed by atoms with Crippen LogP contribution in [0.5, 0.6) is 0 Å². The Morgan fingerprint density at radius 1 is 1.27 bits per heavy atom. The summed E-state index contributed by atoms with van der Waals surface area (Å²) in [5, 5.41) is 0. The van der Waals surface area contributed by atoms with Crippen LogP contribution in [0.2, 0.25) is 0 Å². The number of aryl methyl sites for hydroxylation is 1. The second-order valence-electron chi connectivity index (χ2n) is 6.50. The molecule has 2 heterocycles. The lowest BCUT2D eigenvalue weighted by Gasteiger charge is -2.17. The summed E-state index contributed by atoms with van der Waals surface area (Å²) in [7, 11) is 0. The van der Waals surface area contributed by atoms with E-state index in [0.717, 1.165) is 0 Å². The minimum absolute atomic E-state index is 0.139. The summed E-state index contributed by atoms with van der Waals surface area (Å²) >= 11 is 1.84. The molecule has 0 bridgehead atoms. The lowest BCUT2D eigenvalue weighted by atomic mass is 10.2. The highest BCUT2D eigenvalue weighted by molar-refractivity contribution is 14.1. The van der Waals surface area contributed by atoms with Gasteiger partial charge in [-0.2, -0.15) is 4.57 Å². The van der Waals surface area contributed by atoms with Crippen LogP contribution in [0.25, 0.3) is 0 Å². The van der Waals surface area contributed by atoms with Gasteiger partial charge < -0.3 is 9.47 Å². The molecule has 3 rings (SSSR count). The van der Waals surface area contributed by atoms with Gasteiger partial charge in [-0.1, -0.05) is 18.2 Å². The van der Waals surface area contributed by atoms with Crippen LogP contribution < -0.4 is 11.2 Å². The fourth-order valence-corrected chi connectivity index (χ4v) is 3.38. The number of carbonyl (C=O) groups excluding carboxylic acids is 1. The molecule has 1 saturated heterocycles. The van der Waals surface area contributed by atoms with Gasteiger partial charge in [-0.15, -0.1) is 0 Å². The molecule has 26 heavy (non-hydrogen) atoms. The molecule has 1 aliphatic rings. The van der Waals surface area contributed by atoms with Crippen molar-refractivity contribution in [2.24, 2.45) is 0 Å². The summed E-state index contributed by atoms with van der Waals surface area (Å²) in [5.41, 5.74) is -0.973. The normalized spacial score (nSPS) is 18.8. The van der Waals surface area contributed by atoms with Crippen LogP contribution in [0.15, 0.2) is 46.1 Å². The Hall–Kier alpha value is -1.78. The molecule has 138 valence electrons. The molecule has 1 fully saturated rings. The van der Waals surface area contributed by atoms with Gasteiger partial charge in [0.1, 0.15) is 0 Å². The van der Waals surface area contributed by atoms with Crippen LogP contribution in [-0.2, 0) is 16.0 Å². The molecule has 1 aromatic heterocycles. The zero-order chi connectivity index (χ0) is 18.9. The predicted octanol–water partition coefficient (Wildman–Crippen LogP) is 1.84. The quantitative estimate of drug-likeness (QED) is 0.638. The Morgan fingerprint density at radius 2 is 1.96 bits per heavy atom. The zero-order valence-electron chi connectivity index (χ0n) is 14.5. The average molecular weight is 470 g/mol.